The second-order valence-electron chi connectivity index (χ2n) is 7.89. The van der Waals surface area contributed by atoms with E-state index in [1.165, 1.54) is 0 Å². The third-order valence-electron chi connectivity index (χ3n) is 5.62. The average molecular weight is 470 g/mol. The molecule has 0 fully saturated rings. The molecule has 5 rings (SSSR count). The molecule has 1 amide bonds. The van der Waals surface area contributed by atoms with E-state index in [1.54, 1.807) is 36.3 Å². The topological polar surface area (TPSA) is 116 Å². The van der Waals surface area contributed by atoms with Crippen molar-refractivity contribution in [2.24, 2.45) is 0 Å². The van der Waals surface area contributed by atoms with Crippen LogP contribution in [-0.2, 0) is 11.4 Å². The van der Waals surface area contributed by atoms with Gasteiger partial charge in [0.25, 0.3) is 5.91 Å². The van der Waals surface area contributed by atoms with E-state index in [2.05, 4.69) is 31.1 Å². The van der Waals surface area contributed by atoms with Crippen LogP contribution in [0.2, 0.25) is 0 Å². The number of nitrogens with zero attached hydrogens (tertiary/aromatic N) is 5. The Kier molecular flexibility index (Phi) is 6.08. The monoisotopic (exact) mass is 469 g/mol. The number of allylic oxidation sites excluding steroid dienone is 1. The quantitative estimate of drug-likeness (QED) is 0.422. The number of tetrazole rings is 1. The number of nitrogens with one attached hydrogen (secondary N) is 2. The summed E-state index contributed by atoms with van der Waals surface area (Å²) in [5, 5.41) is 18.0. The number of fused-ring (bicyclic) bond motifs is 1. The first kappa shape index (κ1) is 22.1. The molecule has 10 heteroatoms. The van der Waals surface area contributed by atoms with Crippen LogP contribution in [0.15, 0.2) is 84.3 Å². The number of benzene rings is 2. The maximum absolute atomic E-state index is 13.4. The summed E-state index contributed by atoms with van der Waals surface area (Å²) in [5.41, 5.74) is 3.50. The van der Waals surface area contributed by atoms with E-state index in [4.69, 9.17) is 9.47 Å². The molecule has 0 radical (unpaired) electrons. The zero-order valence-corrected chi connectivity index (χ0v) is 19.2. The summed E-state index contributed by atoms with van der Waals surface area (Å²) in [4.78, 5) is 17.5. The van der Waals surface area contributed by atoms with Gasteiger partial charge in [-0.1, -0.05) is 41.5 Å². The van der Waals surface area contributed by atoms with Crippen LogP contribution in [0.25, 0.3) is 0 Å². The molecule has 0 unspecified atom stereocenters. The molecular weight excluding hydrogens is 446 g/mol. The fourth-order valence-corrected chi connectivity index (χ4v) is 3.96. The lowest BCUT2D eigenvalue weighted by atomic mass is 9.94. The minimum atomic E-state index is -0.588. The number of hydrogen-bond donors (Lipinski definition) is 2. The molecule has 0 saturated carbocycles. The number of aromatic nitrogens is 5. The normalized spacial score (nSPS) is 14.6. The van der Waals surface area contributed by atoms with Gasteiger partial charge in [-0.3, -0.25) is 9.78 Å². The number of methoxy groups -OCH3 is 1. The Bertz CT molecular complexity index is 1370. The Morgan fingerprint density at radius 2 is 1.97 bits per heavy atom. The first-order chi connectivity index (χ1) is 17.1. The second kappa shape index (κ2) is 9.64. The van der Waals surface area contributed by atoms with Gasteiger partial charge in [0.15, 0.2) is 11.5 Å². The van der Waals surface area contributed by atoms with Crippen molar-refractivity contribution >= 4 is 17.5 Å². The standard InChI is InChI=1S/C25H23N7O3/c1-16-22(24(33)28-19-9-6-12-26-14-19)23(32-25(27-16)29-30-31-32)18-10-11-20(21(13-18)34-2)35-15-17-7-4-3-5-8-17/h3-14,23H,15H2,1-2H3,(H,28,33)(H,27,29,31)/t23-/m1/s1. The molecule has 0 aliphatic carbocycles. The van der Waals surface area contributed by atoms with Crippen LogP contribution in [0.5, 0.6) is 11.5 Å². The number of pyridine rings is 1. The predicted molar refractivity (Wildman–Crippen MR) is 129 cm³/mol. The van der Waals surface area contributed by atoms with Crippen molar-refractivity contribution in [1.29, 1.82) is 0 Å². The van der Waals surface area contributed by atoms with E-state index in [1.807, 2.05) is 55.5 Å². The average Bonchev–Trinajstić information content (AvgIpc) is 3.35. The number of anilines is 2. The van der Waals surface area contributed by atoms with Gasteiger partial charge in [0.05, 0.1) is 24.6 Å². The van der Waals surface area contributed by atoms with Crippen molar-refractivity contribution < 1.29 is 14.3 Å². The third-order valence-corrected chi connectivity index (χ3v) is 5.62. The molecule has 10 nitrogen and oxygen atoms in total. The molecule has 0 saturated heterocycles. The lowest BCUT2D eigenvalue weighted by Crippen LogP contribution is -2.31. The number of ether oxygens (including phenoxy) is 2. The van der Waals surface area contributed by atoms with Gasteiger partial charge >= 0.3 is 0 Å². The van der Waals surface area contributed by atoms with Gasteiger partial charge in [-0.2, -0.15) is 4.68 Å². The molecule has 2 aromatic carbocycles. The molecule has 4 aromatic rings. The number of carbonyl (C=O) groups is 1. The van der Waals surface area contributed by atoms with E-state index in [9.17, 15) is 4.79 Å². The van der Waals surface area contributed by atoms with Gasteiger partial charge in [-0.25, -0.2) is 0 Å². The summed E-state index contributed by atoms with van der Waals surface area (Å²) >= 11 is 0. The first-order valence-corrected chi connectivity index (χ1v) is 11.0. The number of rotatable bonds is 7. The SMILES string of the molecule is COc1cc([C@@H]2C(C(=O)Nc3cccnc3)=C(C)Nc3nnnn32)ccc1OCc1ccccc1. The first-order valence-electron chi connectivity index (χ1n) is 11.0. The van der Waals surface area contributed by atoms with Crippen LogP contribution in [0.1, 0.15) is 24.1 Å². The zero-order valence-electron chi connectivity index (χ0n) is 19.2. The lowest BCUT2D eigenvalue weighted by molar-refractivity contribution is -0.113. The van der Waals surface area contributed by atoms with E-state index >= 15 is 0 Å². The smallest absolute Gasteiger partial charge is 0.255 e. The minimum Gasteiger partial charge on any atom is -0.493 e. The highest BCUT2D eigenvalue weighted by molar-refractivity contribution is 6.05. The van der Waals surface area contributed by atoms with E-state index in [0.29, 0.717) is 41.0 Å². The highest BCUT2D eigenvalue weighted by Crippen LogP contribution is 2.38. The highest BCUT2D eigenvalue weighted by Gasteiger charge is 2.34. The molecule has 0 spiro atoms. The molecule has 1 atom stereocenters. The molecule has 1 aliphatic rings. The fourth-order valence-electron chi connectivity index (χ4n) is 3.96. The van der Waals surface area contributed by atoms with Crippen LogP contribution in [0.4, 0.5) is 11.6 Å². The number of carbonyl (C=O) groups excluding carboxylic acids is 1. The Morgan fingerprint density at radius 3 is 2.74 bits per heavy atom. The van der Waals surface area contributed by atoms with Crippen molar-refractivity contribution in [3.8, 4) is 11.5 Å². The molecule has 1 aliphatic heterocycles. The summed E-state index contributed by atoms with van der Waals surface area (Å²) in [6.07, 6.45) is 3.23. The molecular formula is C25H23N7O3. The highest BCUT2D eigenvalue weighted by atomic mass is 16.5. The Labute approximate surface area is 201 Å². The largest absolute Gasteiger partial charge is 0.493 e. The summed E-state index contributed by atoms with van der Waals surface area (Å²) in [6, 6.07) is 18.4. The summed E-state index contributed by atoms with van der Waals surface area (Å²) in [7, 11) is 1.58. The van der Waals surface area contributed by atoms with Crippen LogP contribution in [0.3, 0.4) is 0 Å². The van der Waals surface area contributed by atoms with E-state index < -0.39 is 6.04 Å². The van der Waals surface area contributed by atoms with Crippen molar-refractivity contribution in [3.05, 3.63) is 95.5 Å². The maximum Gasteiger partial charge on any atom is 0.255 e. The van der Waals surface area contributed by atoms with Crippen molar-refractivity contribution in [2.75, 3.05) is 17.7 Å². The maximum atomic E-state index is 13.4. The molecule has 2 aromatic heterocycles. The van der Waals surface area contributed by atoms with Gasteiger partial charge in [-0.15, -0.1) is 0 Å². The lowest BCUT2D eigenvalue weighted by Gasteiger charge is -2.28. The third kappa shape index (κ3) is 4.54. The van der Waals surface area contributed by atoms with Crippen molar-refractivity contribution in [3.63, 3.8) is 0 Å². The van der Waals surface area contributed by atoms with Gasteiger partial charge in [0.1, 0.15) is 12.6 Å². The van der Waals surface area contributed by atoms with Gasteiger partial charge in [0.2, 0.25) is 5.95 Å². The van der Waals surface area contributed by atoms with E-state index in [0.717, 1.165) is 11.1 Å². The molecule has 176 valence electrons. The molecule has 0 bridgehead atoms. The summed E-state index contributed by atoms with van der Waals surface area (Å²) in [6.45, 7) is 2.22. The van der Waals surface area contributed by atoms with Crippen molar-refractivity contribution in [2.45, 2.75) is 19.6 Å². The number of amides is 1. The second-order valence-corrected chi connectivity index (χ2v) is 7.89. The van der Waals surface area contributed by atoms with Crippen molar-refractivity contribution in [1.82, 2.24) is 25.2 Å². The Morgan fingerprint density at radius 1 is 1.11 bits per heavy atom. The van der Waals surface area contributed by atoms with Crippen LogP contribution < -0.4 is 20.1 Å². The number of hydrogen-bond acceptors (Lipinski definition) is 8. The van der Waals surface area contributed by atoms with E-state index in [-0.39, 0.29) is 5.91 Å². The van der Waals surface area contributed by atoms with Gasteiger partial charge in [0, 0.05) is 11.9 Å². The molecule has 35 heavy (non-hydrogen) atoms. The Hall–Kier alpha value is -4.73. The molecule has 2 N–H and O–H groups in total. The van der Waals surface area contributed by atoms with Gasteiger partial charge in [-0.05, 0) is 52.7 Å². The van der Waals surface area contributed by atoms with Crippen LogP contribution in [0, 0.1) is 0 Å². The summed E-state index contributed by atoms with van der Waals surface area (Å²) in [5.74, 6) is 1.27. The predicted octanol–water partition coefficient (Wildman–Crippen LogP) is 3.58. The minimum absolute atomic E-state index is 0.294. The fraction of sp³-hybridized carbons (Fsp3) is 0.160. The van der Waals surface area contributed by atoms with Crippen LogP contribution in [-0.4, -0.2) is 38.2 Å². The summed E-state index contributed by atoms with van der Waals surface area (Å²) < 4.78 is 13.2. The zero-order chi connectivity index (χ0) is 24.2. The van der Waals surface area contributed by atoms with Crippen LogP contribution >= 0.6 is 0 Å². The molecule has 3 heterocycles. The Balaban J connectivity index is 1.48. The van der Waals surface area contributed by atoms with Gasteiger partial charge < -0.3 is 20.1 Å².